The number of aliphatic hydroxyl groups excluding tert-OH is 1. The molecular weight excluding hydrogens is 649 g/mol. The first-order valence-corrected chi connectivity index (χ1v) is 18.3. The van der Waals surface area contributed by atoms with Crippen molar-refractivity contribution in [2.45, 2.75) is 116 Å². The molecule has 0 radical (unpaired) electrons. The lowest BCUT2D eigenvalue weighted by Gasteiger charge is -2.38. The maximum absolute atomic E-state index is 13.9. The molecule has 1 aliphatic rings. The fraction of sp³-hybridized carbons (Fsp3) is 0.667. The number of rotatable bonds is 19. The van der Waals surface area contributed by atoms with Gasteiger partial charge in [0.05, 0.1) is 17.7 Å². The number of carboxylic acid groups (broad SMARTS) is 1. The Balaban J connectivity index is 1.62. The number of nitrogens with one attached hydrogen (secondary N) is 2. The van der Waals surface area contributed by atoms with E-state index < -0.39 is 24.0 Å². The number of thiazole rings is 1. The van der Waals surface area contributed by atoms with E-state index in [9.17, 15) is 29.0 Å². The van der Waals surface area contributed by atoms with Gasteiger partial charge in [-0.3, -0.25) is 24.1 Å². The molecular formula is C36H56FN5O6S. The molecule has 1 fully saturated rings. The van der Waals surface area contributed by atoms with E-state index in [1.807, 2.05) is 34.7 Å². The number of hydroxylamine groups is 1. The van der Waals surface area contributed by atoms with Crippen molar-refractivity contribution in [3.8, 4) is 0 Å². The summed E-state index contributed by atoms with van der Waals surface area (Å²) in [5.74, 6) is -2.19. The van der Waals surface area contributed by atoms with E-state index in [0.717, 1.165) is 37.8 Å². The number of aromatic nitrogens is 1. The Labute approximate surface area is 294 Å². The number of halogens is 1. The second-order valence-electron chi connectivity index (χ2n) is 14.0. The van der Waals surface area contributed by atoms with E-state index in [1.54, 1.807) is 36.4 Å². The average molecular weight is 706 g/mol. The summed E-state index contributed by atoms with van der Waals surface area (Å²) >= 11 is 1.30. The molecule has 0 spiro atoms. The number of aliphatic hydroxyl groups is 1. The highest BCUT2D eigenvalue weighted by Crippen LogP contribution is 2.28. The maximum Gasteiger partial charge on any atom is 0.306 e. The first kappa shape index (κ1) is 40.5. The van der Waals surface area contributed by atoms with Gasteiger partial charge in [-0.15, -0.1) is 11.3 Å². The van der Waals surface area contributed by atoms with Gasteiger partial charge >= 0.3 is 5.97 Å². The van der Waals surface area contributed by atoms with Gasteiger partial charge in [-0.2, -0.15) is 5.48 Å². The Morgan fingerprint density at radius 1 is 1.14 bits per heavy atom. The summed E-state index contributed by atoms with van der Waals surface area (Å²) in [4.78, 5) is 52.8. The minimum Gasteiger partial charge on any atom is -0.481 e. The third-order valence-electron chi connectivity index (χ3n) is 9.71. The summed E-state index contributed by atoms with van der Waals surface area (Å²) < 4.78 is 13.4. The van der Waals surface area contributed by atoms with Crippen LogP contribution in [-0.4, -0.2) is 87.6 Å². The van der Waals surface area contributed by atoms with Crippen LogP contribution in [-0.2, 0) is 32.2 Å². The van der Waals surface area contributed by atoms with Gasteiger partial charge < -0.3 is 20.4 Å². The van der Waals surface area contributed by atoms with Gasteiger partial charge in [-0.25, -0.2) is 9.37 Å². The highest BCUT2D eigenvalue weighted by Gasteiger charge is 2.36. The van der Waals surface area contributed by atoms with Crippen LogP contribution < -0.4 is 10.8 Å². The number of piperidine rings is 1. The van der Waals surface area contributed by atoms with Crippen molar-refractivity contribution in [2.75, 3.05) is 20.6 Å². The molecule has 3 rings (SSSR count). The van der Waals surface area contributed by atoms with Crippen LogP contribution in [0.4, 0.5) is 4.39 Å². The number of aliphatic carboxylic acids is 1. The van der Waals surface area contributed by atoms with Gasteiger partial charge in [0, 0.05) is 30.9 Å². The Kier molecular flexibility index (Phi) is 16.0. The molecule has 274 valence electrons. The molecule has 11 nitrogen and oxygen atoms in total. The second kappa shape index (κ2) is 19.4. The number of likely N-dealkylation sites (N-methyl/N-ethyl adjacent to an activating group) is 2. The Morgan fingerprint density at radius 3 is 2.45 bits per heavy atom. The smallest absolute Gasteiger partial charge is 0.306 e. The number of amides is 2. The van der Waals surface area contributed by atoms with E-state index >= 15 is 0 Å². The number of benzene rings is 1. The fourth-order valence-corrected chi connectivity index (χ4v) is 7.11. The number of hydrogen-bond donors (Lipinski definition) is 4. The molecule has 2 aromatic rings. The minimum atomic E-state index is -0.926. The largest absolute Gasteiger partial charge is 0.481 e. The van der Waals surface area contributed by atoms with E-state index in [0.29, 0.717) is 23.5 Å². The Morgan fingerprint density at radius 2 is 1.84 bits per heavy atom. The molecule has 2 heterocycles. The molecule has 13 heteroatoms. The highest BCUT2D eigenvalue weighted by atomic mass is 32.1. The first-order valence-electron chi connectivity index (χ1n) is 17.5. The third-order valence-corrected chi connectivity index (χ3v) is 10.7. The van der Waals surface area contributed by atoms with Crippen LogP contribution in [0.25, 0.3) is 0 Å². The van der Waals surface area contributed by atoms with Gasteiger partial charge in [0.2, 0.25) is 11.8 Å². The zero-order valence-electron chi connectivity index (χ0n) is 30.0. The number of nitrogens with zero attached hydrogens (tertiary/aromatic N) is 3. The van der Waals surface area contributed by atoms with Crippen LogP contribution >= 0.6 is 11.3 Å². The predicted octanol–water partition coefficient (Wildman–Crippen LogP) is 4.95. The molecule has 1 aromatic carbocycles. The van der Waals surface area contributed by atoms with Crippen molar-refractivity contribution >= 4 is 29.1 Å². The SMILES string of the molecule is CCC(C)[C@H](NC(=O)[C@H]1CCCCN1C)C(=O)N(C)C(C[C@@H](O)c1nc(CON[C@@H](Cc2ccc(F)cc2)C[C@H](C)C(=O)O)cs1)C(C)C. The zero-order valence-corrected chi connectivity index (χ0v) is 30.8. The molecule has 0 saturated carbocycles. The van der Waals surface area contributed by atoms with Gasteiger partial charge in [0.25, 0.3) is 0 Å². The maximum atomic E-state index is 13.9. The molecule has 1 aliphatic heterocycles. The summed E-state index contributed by atoms with van der Waals surface area (Å²) in [6, 6.07) is 4.50. The van der Waals surface area contributed by atoms with Gasteiger partial charge in [-0.1, -0.05) is 59.6 Å². The first-order chi connectivity index (χ1) is 23.2. The fourth-order valence-electron chi connectivity index (χ4n) is 6.31. The Bertz CT molecular complexity index is 1340. The van der Waals surface area contributed by atoms with E-state index in [1.165, 1.54) is 23.5 Å². The minimum absolute atomic E-state index is 0.0274. The molecule has 1 saturated heterocycles. The molecule has 49 heavy (non-hydrogen) atoms. The molecule has 2 unspecified atom stereocenters. The lowest BCUT2D eigenvalue weighted by molar-refractivity contribution is -0.142. The van der Waals surface area contributed by atoms with Crippen LogP contribution in [0, 0.1) is 23.6 Å². The summed E-state index contributed by atoms with van der Waals surface area (Å²) in [5, 5.41) is 26.1. The zero-order chi connectivity index (χ0) is 36.2. The average Bonchev–Trinajstić information content (AvgIpc) is 3.55. The van der Waals surface area contributed by atoms with Crippen LogP contribution in [0.2, 0.25) is 0 Å². The van der Waals surface area contributed by atoms with Gasteiger partial charge in [0.15, 0.2) is 0 Å². The second-order valence-corrected chi connectivity index (χ2v) is 14.9. The molecule has 2 amide bonds. The number of likely N-dealkylation sites (tertiary alicyclic amines) is 1. The normalized spacial score (nSPS) is 19.1. The standard InChI is InChI=1S/C36H56FN5O6S/c1-8-23(4)32(39-33(44)29-11-9-10-16-41(29)6)35(45)42(7)30(22(2)3)19-31(43)34-38-28(21-49-34)20-48-40-27(17-24(5)36(46)47)18-25-12-14-26(37)15-13-25/h12-15,21-24,27,29-32,40,43H,8-11,16-20H2,1-7H3,(H,39,44)(H,46,47)/t23?,24-,27+,29+,30?,31+,32-/m0/s1. The summed E-state index contributed by atoms with van der Waals surface area (Å²) in [7, 11) is 3.70. The topological polar surface area (TPSA) is 144 Å². The van der Waals surface area contributed by atoms with Crippen molar-refractivity contribution < 1.29 is 33.8 Å². The van der Waals surface area contributed by atoms with E-state index in [-0.39, 0.29) is 60.6 Å². The van der Waals surface area contributed by atoms with Crippen LogP contribution in [0.15, 0.2) is 29.6 Å². The summed E-state index contributed by atoms with van der Waals surface area (Å²) in [6.45, 7) is 10.6. The molecule has 4 N–H and O–H groups in total. The number of carbonyl (C=O) groups is 3. The molecule has 7 atom stereocenters. The number of hydrogen-bond acceptors (Lipinski definition) is 9. The number of carboxylic acids is 1. The van der Waals surface area contributed by atoms with Gasteiger partial charge in [-0.05, 0) is 68.8 Å². The third kappa shape index (κ3) is 12.1. The molecule has 1 aromatic heterocycles. The van der Waals surface area contributed by atoms with Gasteiger partial charge in [0.1, 0.15) is 29.6 Å². The van der Waals surface area contributed by atoms with Crippen LogP contribution in [0.3, 0.4) is 0 Å². The summed E-state index contributed by atoms with van der Waals surface area (Å²) in [5.41, 5.74) is 4.40. The van der Waals surface area contributed by atoms with Crippen molar-refractivity contribution in [1.29, 1.82) is 0 Å². The number of carbonyl (C=O) groups excluding carboxylic acids is 2. The lowest BCUT2D eigenvalue weighted by atomic mass is 9.92. The van der Waals surface area contributed by atoms with Crippen LogP contribution in [0.5, 0.6) is 0 Å². The Hall–Kier alpha value is -2.97. The lowest BCUT2D eigenvalue weighted by Crippen LogP contribution is -2.58. The van der Waals surface area contributed by atoms with Crippen molar-refractivity contribution in [2.24, 2.45) is 17.8 Å². The quantitative estimate of drug-likeness (QED) is 0.149. The molecule has 0 aliphatic carbocycles. The predicted molar refractivity (Wildman–Crippen MR) is 188 cm³/mol. The molecule has 0 bridgehead atoms. The van der Waals surface area contributed by atoms with Crippen LogP contribution in [0.1, 0.15) is 95.5 Å². The van der Waals surface area contributed by atoms with Crippen molar-refractivity contribution in [1.82, 2.24) is 25.6 Å². The van der Waals surface area contributed by atoms with Crippen molar-refractivity contribution in [3.63, 3.8) is 0 Å². The van der Waals surface area contributed by atoms with E-state index in [4.69, 9.17) is 4.84 Å². The highest BCUT2D eigenvalue weighted by molar-refractivity contribution is 7.09. The van der Waals surface area contributed by atoms with Crippen molar-refractivity contribution in [3.05, 3.63) is 51.7 Å². The summed E-state index contributed by atoms with van der Waals surface area (Å²) in [6.07, 6.45) is 3.64. The monoisotopic (exact) mass is 705 g/mol. The van der Waals surface area contributed by atoms with E-state index in [2.05, 4.69) is 20.7 Å².